The van der Waals surface area contributed by atoms with Crippen LogP contribution in [0.1, 0.15) is 36.3 Å². The fourth-order valence-corrected chi connectivity index (χ4v) is 5.62. The van der Waals surface area contributed by atoms with Crippen LogP contribution in [0.15, 0.2) is 46.2 Å². The summed E-state index contributed by atoms with van der Waals surface area (Å²) in [7, 11) is 1.92. The average Bonchev–Trinajstić information content (AvgIpc) is 3.16. The Hall–Kier alpha value is -2.33. The first-order valence-electron chi connectivity index (χ1n) is 10.7. The topological polar surface area (TPSA) is 60.0 Å². The van der Waals surface area contributed by atoms with E-state index in [0.29, 0.717) is 17.5 Å². The summed E-state index contributed by atoms with van der Waals surface area (Å²) in [6.45, 7) is 3.10. The molecular formula is C22H24F3N5OS. The highest BCUT2D eigenvalue weighted by Crippen LogP contribution is 2.64. The highest BCUT2D eigenvalue weighted by atomic mass is 32.2. The van der Waals surface area contributed by atoms with E-state index in [2.05, 4.69) is 20.3 Å². The zero-order valence-electron chi connectivity index (χ0n) is 17.7. The molecule has 1 saturated heterocycles. The summed E-state index contributed by atoms with van der Waals surface area (Å²) in [4.78, 5) is 2.49. The number of halogens is 3. The maximum atomic E-state index is 12.8. The van der Waals surface area contributed by atoms with Crippen molar-refractivity contribution in [2.24, 2.45) is 12.5 Å². The molecule has 0 amide bonds. The molecule has 5 rings (SSSR count). The Morgan fingerprint density at radius 3 is 2.72 bits per heavy atom. The van der Waals surface area contributed by atoms with E-state index in [1.54, 1.807) is 36.2 Å². The Morgan fingerprint density at radius 2 is 2.00 bits per heavy atom. The fraction of sp³-hybridized carbons (Fsp3) is 0.500. The first kappa shape index (κ1) is 21.5. The van der Waals surface area contributed by atoms with Crippen molar-refractivity contribution in [3.63, 3.8) is 0 Å². The highest BCUT2D eigenvalue weighted by molar-refractivity contribution is 7.99. The predicted molar refractivity (Wildman–Crippen MR) is 114 cm³/mol. The van der Waals surface area contributed by atoms with Crippen LogP contribution >= 0.6 is 11.8 Å². The molecule has 3 aromatic rings. The van der Waals surface area contributed by atoms with Crippen molar-refractivity contribution in [1.29, 1.82) is 0 Å². The minimum Gasteiger partial charge on any atom is -0.353 e. The van der Waals surface area contributed by atoms with Gasteiger partial charge in [-0.05, 0) is 61.4 Å². The predicted octanol–water partition coefficient (Wildman–Crippen LogP) is 4.85. The molecule has 0 N–H and O–H groups in total. The molecule has 1 saturated carbocycles. The Balaban J connectivity index is 1.08. The monoisotopic (exact) mass is 463 g/mol. The molecule has 1 aliphatic carbocycles. The lowest BCUT2D eigenvalue weighted by molar-refractivity contribution is -0.137. The molecule has 0 unspecified atom stereocenters. The number of hydrogen-bond donors (Lipinski definition) is 0. The van der Waals surface area contributed by atoms with Gasteiger partial charge < -0.3 is 14.0 Å². The van der Waals surface area contributed by atoms with E-state index in [-0.39, 0.29) is 5.41 Å². The SMILES string of the molecule is Cn1c(SCCCN2CC[C@]3(C[C@@H]3c3ccc(C(F)(F)F)cc3)C2)nnc1-c1ccno1. The van der Waals surface area contributed by atoms with Crippen molar-refractivity contribution in [2.45, 2.75) is 36.5 Å². The van der Waals surface area contributed by atoms with E-state index < -0.39 is 11.7 Å². The molecule has 2 aromatic heterocycles. The van der Waals surface area contributed by atoms with Gasteiger partial charge in [0.05, 0.1) is 11.8 Å². The highest BCUT2D eigenvalue weighted by Gasteiger charge is 2.57. The van der Waals surface area contributed by atoms with Gasteiger partial charge in [-0.25, -0.2) is 0 Å². The van der Waals surface area contributed by atoms with Gasteiger partial charge in [-0.3, -0.25) is 0 Å². The van der Waals surface area contributed by atoms with Gasteiger partial charge in [0.2, 0.25) is 11.6 Å². The van der Waals surface area contributed by atoms with Crippen molar-refractivity contribution in [3.05, 3.63) is 47.7 Å². The van der Waals surface area contributed by atoms with Crippen LogP contribution in [0.25, 0.3) is 11.6 Å². The smallest absolute Gasteiger partial charge is 0.353 e. The first-order valence-corrected chi connectivity index (χ1v) is 11.7. The summed E-state index contributed by atoms with van der Waals surface area (Å²) in [6, 6.07) is 7.51. The number of benzene rings is 1. The molecule has 6 nitrogen and oxygen atoms in total. The van der Waals surface area contributed by atoms with Gasteiger partial charge in [0.15, 0.2) is 5.16 Å². The molecule has 32 heavy (non-hydrogen) atoms. The van der Waals surface area contributed by atoms with Crippen molar-refractivity contribution < 1.29 is 17.7 Å². The van der Waals surface area contributed by atoms with E-state index in [9.17, 15) is 13.2 Å². The number of alkyl halides is 3. The van der Waals surface area contributed by atoms with Crippen molar-refractivity contribution in [1.82, 2.24) is 24.8 Å². The molecule has 2 atom stereocenters. The molecule has 0 bridgehead atoms. The summed E-state index contributed by atoms with van der Waals surface area (Å²) in [6.07, 6.45) is 0.547. The third kappa shape index (κ3) is 4.17. The minimum atomic E-state index is -4.27. The van der Waals surface area contributed by atoms with Crippen LogP contribution in [0.3, 0.4) is 0 Å². The first-order chi connectivity index (χ1) is 15.4. The van der Waals surface area contributed by atoms with E-state index in [4.69, 9.17) is 4.52 Å². The maximum Gasteiger partial charge on any atom is 0.416 e. The third-order valence-corrected chi connectivity index (χ3v) is 7.74. The van der Waals surface area contributed by atoms with Crippen molar-refractivity contribution in [2.75, 3.05) is 25.4 Å². The maximum absolute atomic E-state index is 12.8. The van der Waals surface area contributed by atoms with Gasteiger partial charge in [0, 0.05) is 25.4 Å². The molecule has 3 heterocycles. The number of nitrogens with zero attached hydrogens (tertiary/aromatic N) is 5. The summed E-state index contributed by atoms with van der Waals surface area (Å²) < 4.78 is 45.5. The van der Waals surface area contributed by atoms with Crippen LogP contribution in [-0.4, -0.2) is 50.2 Å². The second-order valence-electron chi connectivity index (χ2n) is 8.71. The van der Waals surface area contributed by atoms with Crippen LogP contribution in [0.5, 0.6) is 0 Å². The van der Waals surface area contributed by atoms with Crippen LogP contribution in [0.4, 0.5) is 13.2 Å². The largest absolute Gasteiger partial charge is 0.416 e. The molecule has 10 heteroatoms. The number of thioether (sulfide) groups is 1. The fourth-order valence-electron chi connectivity index (χ4n) is 4.79. The van der Waals surface area contributed by atoms with Gasteiger partial charge in [-0.2, -0.15) is 13.2 Å². The van der Waals surface area contributed by atoms with Gasteiger partial charge in [0.25, 0.3) is 0 Å². The minimum absolute atomic E-state index is 0.252. The van der Waals surface area contributed by atoms with Gasteiger partial charge in [-0.1, -0.05) is 29.1 Å². The second kappa shape index (κ2) is 8.22. The summed E-state index contributed by atoms with van der Waals surface area (Å²) in [5, 5.41) is 13.0. The second-order valence-corrected chi connectivity index (χ2v) is 9.77. The standard InChI is InChI=1S/C22H24F3N5OS/c1-29-19(18-7-9-26-31-18)27-28-20(29)32-12-2-10-30-11-8-21(14-30)13-17(21)15-3-5-16(6-4-15)22(23,24)25/h3-7,9,17H,2,8,10-14H2,1H3/t17-,21+/m1/s1. The molecule has 0 radical (unpaired) electrons. The lowest BCUT2D eigenvalue weighted by Crippen LogP contribution is -2.23. The molecule has 1 aliphatic heterocycles. The lowest BCUT2D eigenvalue weighted by Gasteiger charge is -2.16. The normalized spacial score (nSPS) is 23.3. The molecule has 2 aliphatic rings. The van der Waals surface area contributed by atoms with Crippen LogP contribution in [-0.2, 0) is 13.2 Å². The van der Waals surface area contributed by atoms with Gasteiger partial charge in [-0.15, -0.1) is 10.2 Å². The third-order valence-electron chi connectivity index (χ3n) is 6.64. The van der Waals surface area contributed by atoms with Crippen LogP contribution in [0, 0.1) is 5.41 Å². The Kier molecular flexibility index (Phi) is 5.53. The van der Waals surface area contributed by atoms with Crippen LogP contribution < -0.4 is 0 Å². The zero-order valence-corrected chi connectivity index (χ0v) is 18.5. The molecular weight excluding hydrogens is 439 g/mol. The Bertz CT molecular complexity index is 1070. The van der Waals surface area contributed by atoms with E-state index in [1.807, 2.05) is 11.6 Å². The number of aromatic nitrogens is 4. The summed E-state index contributed by atoms with van der Waals surface area (Å²) in [5.41, 5.74) is 0.722. The molecule has 2 fully saturated rings. The number of likely N-dealkylation sites (tertiary alicyclic amines) is 1. The summed E-state index contributed by atoms with van der Waals surface area (Å²) >= 11 is 1.67. The van der Waals surface area contributed by atoms with E-state index in [0.717, 1.165) is 55.4 Å². The molecule has 1 spiro atoms. The quantitative estimate of drug-likeness (QED) is 0.369. The molecule has 170 valence electrons. The Morgan fingerprint density at radius 1 is 1.19 bits per heavy atom. The number of rotatable bonds is 7. The van der Waals surface area contributed by atoms with Gasteiger partial charge in [0.1, 0.15) is 0 Å². The van der Waals surface area contributed by atoms with Gasteiger partial charge >= 0.3 is 6.18 Å². The molecule has 1 aromatic carbocycles. The van der Waals surface area contributed by atoms with E-state index >= 15 is 0 Å². The van der Waals surface area contributed by atoms with E-state index in [1.165, 1.54) is 12.1 Å². The van der Waals surface area contributed by atoms with Crippen molar-refractivity contribution in [3.8, 4) is 11.6 Å². The van der Waals surface area contributed by atoms with Crippen molar-refractivity contribution >= 4 is 11.8 Å². The van der Waals surface area contributed by atoms with Crippen LogP contribution in [0.2, 0.25) is 0 Å². The average molecular weight is 464 g/mol. The summed E-state index contributed by atoms with van der Waals surface area (Å²) in [5.74, 6) is 2.59. The Labute approximate surface area is 188 Å². The number of hydrogen-bond acceptors (Lipinski definition) is 6. The zero-order chi connectivity index (χ0) is 22.3. The lowest BCUT2D eigenvalue weighted by atomic mass is 9.97.